The van der Waals surface area contributed by atoms with Crippen LogP contribution in [0.3, 0.4) is 0 Å². The van der Waals surface area contributed by atoms with Gasteiger partial charge >= 0.3 is 0 Å². The molecular weight excluding hydrogens is 261 g/mol. The molecule has 0 bridgehead atoms. The van der Waals surface area contributed by atoms with Gasteiger partial charge in [0, 0.05) is 32.7 Å². The second-order valence-corrected chi connectivity index (χ2v) is 5.41. The van der Waals surface area contributed by atoms with Crippen LogP contribution in [0.25, 0.3) is 0 Å². The smallest absolute Gasteiger partial charge is 0.0591 e. The minimum atomic E-state index is -0.484. The Morgan fingerprint density at radius 3 is 2.60 bits per heavy atom. The van der Waals surface area contributed by atoms with E-state index in [1.54, 1.807) is 5.57 Å². The second kappa shape index (κ2) is 7.19. The fraction of sp³-hybridized carbons (Fsp3) is 0.846. The molecule has 0 fully saturated rings. The van der Waals surface area contributed by atoms with Crippen LogP contribution in [0.1, 0.15) is 59.3 Å². The van der Waals surface area contributed by atoms with E-state index in [0.717, 1.165) is 18.8 Å². The molecular formula is C13H24OY. The van der Waals surface area contributed by atoms with Crippen LogP contribution >= 0.6 is 0 Å². The zero-order valence-corrected chi connectivity index (χ0v) is 13.3. The summed E-state index contributed by atoms with van der Waals surface area (Å²) >= 11 is 0. The Morgan fingerprint density at radius 2 is 2.13 bits per heavy atom. The monoisotopic (exact) mass is 285 g/mol. The number of allylic oxidation sites excluding steroid dienone is 2. The summed E-state index contributed by atoms with van der Waals surface area (Å²) in [5.41, 5.74) is 1.13. The Bertz CT molecular complexity index is 203. The molecule has 0 aromatic heterocycles. The maximum atomic E-state index is 9.57. The summed E-state index contributed by atoms with van der Waals surface area (Å²) in [6.45, 7) is 6.11. The van der Waals surface area contributed by atoms with Crippen molar-refractivity contribution < 1.29 is 37.8 Å². The van der Waals surface area contributed by atoms with Gasteiger partial charge in [-0.2, -0.15) is 0 Å². The molecule has 0 saturated heterocycles. The zero-order chi connectivity index (χ0) is 10.6. The maximum Gasteiger partial charge on any atom is 0.0591 e. The van der Waals surface area contributed by atoms with Crippen molar-refractivity contribution in [1.82, 2.24) is 0 Å². The molecule has 1 nitrogen and oxygen atoms in total. The summed E-state index contributed by atoms with van der Waals surface area (Å²) in [5.74, 6) is 0.882. The van der Waals surface area contributed by atoms with E-state index in [4.69, 9.17) is 0 Å². The number of hydrogen-bond donors (Lipinski definition) is 1. The van der Waals surface area contributed by atoms with Gasteiger partial charge in [-0.3, -0.25) is 0 Å². The predicted octanol–water partition coefficient (Wildman–Crippen LogP) is 3.67. The summed E-state index contributed by atoms with van der Waals surface area (Å²) in [4.78, 5) is 0. The molecule has 1 N–H and O–H groups in total. The van der Waals surface area contributed by atoms with Crippen LogP contribution in [-0.4, -0.2) is 10.7 Å². The molecule has 0 aromatic carbocycles. The Kier molecular flexibility index (Phi) is 7.58. The molecule has 1 unspecified atom stereocenters. The van der Waals surface area contributed by atoms with E-state index < -0.39 is 5.60 Å². The fourth-order valence-electron chi connectivity index (χ4n) is 1.99. The predicted molar refractivity (Wildman–Crippen MR) is 61.2 cm³/mol. The van der Waals surface area contributed by atoms with Crippen molar-refractivity contribution >= 4 is 0 Å². The number of hydrogen-bond acceptors (Lipinski definition) is 1. The van der Waals surface area contributed by atoms with Crippen LogP contribution in [0.2, 0.25) is 0 Å². The van der Waals surface area contributed by atoms with E-state index in [-0.39, 0.29) is 32.7 Å². The zero-order valence-electron chi connectivity index (χ0n) is 10.4. The summed E-state index contributed by atoms with van der Waals surface area (Å²) in [7, 11) is 0. The first kappa shape index (κ1) is 15.8. The molecule has 1 rings (SSSR count). The van der Waals surface area contributed by atoms with E-state index in [1.807, 2.05) is 13.8 Å². The number of rotatable bonds is 4. The van der Waals surface area contributed by atoms with Gasteiger partial charge in [0.1, 0.15) is 0 Å². The van der Waals surface area contributed by atoms with Crippen molar-refractivity contribution in [2.45, 2.75) is 64.9 Å². The molecule has 85 valence electrons. The first-order valence-electron chi connectivity index (χ1n) is 5.88. The third kappa shape index (κ3) is 7.66. The van der Waals surface area contributed by atoms with E-state index in [9.17, 15) is 5.11 Å². The van der Waals surface area contributed by atoms with Gasteiger partial charge in [-0.05, 0) is 58.3 Å². The van der Waals surface area contributed by atoms with E-state index in [2.05, 4.69) is 13.0 Å². The molecule has 15 heavy (non-hydrogen) atoms. The minimum Gasteiger partial charge on any atom is -0.390 e. The van der Waals surface area contributed by atoms with Crippen LogP contribution < -0.4 is 0 Å². The molecule has 0 amide bonds. The molecule has 1 aliphatic rings. The van der Waals surface area contributed by atoms with Crippen LogP contribution in [0.4, 0.5) is 0 Å². The minimum absolute atomic E-state index is 0. The second-order valence-electron chi connectivity index (χ2n) is 5.41. The average molecular weight is 285 g/mol. The summed E-state index contributed by atoms with van der Waals surface area (Å²) in [6, 6.07) is 0. The Morgan fingerprint density at radius 1 is 1.47 bits per heavy atom. The third-order valence-corrected chi connectivity index (χ3v) is 3.05. The van der Waals surface area contributed by atoms with Gasteiger partial charge in [0.05, 0.1) is 5.60 Å². The molecule has 0 spiro atoms. The van der Waals surface area contributed by atoms with Crippen molar-refractivity contribution in [2.75, 3.05) is 0 Å². The van der Waals surface area contributed by atoms with Crippen LogP contribution in [-0.2, 0) is 32.7 Å². The summed E-state index contributed by atoms with van der Waals surface area (Å²) < 4.78 is 0. The molecule has 1 radical (unpaired) electrons. The quantitative estimate of drug-likeness (QED) is 0.781. The fourth-order valence-corrected chi connectivity index (χ4v) is 1.99. The van der Waals surface area contributed by atoms with Crippen molar-refractivity contribution in [3.8, 4) is 0 Å². The summed E-state index contributed by atoms with van der Waals surface area (Å²) in [6.07, 6.45) is 9.55. The SMILES string of the molecule is CC1CC=C(CCCC(C)(C)O)CC1.[Y]. The van der Waals surface area contributed by atoms with Gasteiger partial charge in [0.2, 0.25) is 0 Å². The van der Waals surface area contributed by atoms with Crippen molar-refractivity contribution in [3.05, 3.63) is 11.6 Å². The number of aliphatic hydroxyl groups is 1. The van der Waals surface area contributed by atoms with Crippen LogP contribution in [0.5, 0.6) is 0 Å². The normalized spacial score (nSPS) is 21.9. The van der Waals surface area contributed by atoms with Crippen molar-refractivity contribution in [3.63, 3.8) is 0 Å². The maximum absolute atomic E-state index is 9.57. The summed E-state index contributed by atoms with van der Waals surface area (Å²) in [5, 5.41) is 9.57. The average Bonchev–Trinajstić information content (AvgIpc) is 2.06. The van der Waals surface area contributed by atoms with Crippen molar-refractivity contribution in [2.24, 2.45) is 5.92 Å². The molecule has 0 aliphatic heterocycles. The topological polar surface area (TPSA) is 20.2 Å². The molecule has 2 heteroatoms. The Hall–Kier alpha value is 0.804. The van der Waals surface area contributed by atoms with Gasteiger partial charge < -0.3 is 5.11 Å². The van der Waals surface area contributed by atoms with Gasteiger partial charge in [-0.1, -0.05) is 18.6 Å². The first-order chi connectivity index (χ1) is 6.47. The molecule has 1 aliphatic carbocycles. The molecule has 1 atom stereocenters. The van der Waals surface area contributed by atoms with Gasteiger partial charge in [-0.25, -0.2) is 0 Å². The van der Waals surface area contributed by atoms with Gasteiger partial charge in [-0.15, -0.1) is 0 Å². The molecule has 0 heterocycles. The largest absolute Gasteiger partial charge is 0.390 e. The van der Waals surface area contributed by atoms with Crippen LogP contribution in [0, 0.1) is 5.92 Å². The third-order valence-electron chi connectivity index (χ3n) is 3.05. The standard InChI is InChI=1S/C13H24O.Y/c1-11-6-8-12(9-7-11)5-4-10-13(2,3)14;/h8,11,14H,4-7,9-10H2,1-3H3;. The van der Waals surface area contributed by atoms with E-state index in [0.29, 0.717) is 0 Å². The Labute approximate surface area is 120 Å². The Balaban J connectivity index is 0.00000196. The molecule has 0 saturated carbocycles. The van der Waals surface area contributed by atoms with E-state index >= 15 is 0 Å². The van der Waals surface area contributed by atoms with Gasteiger partial charge in [0.15, 0.2) is 0 Å². The van der Waals surface area contributed by atoms with E-state index in [1.165, 1.54) is 25.7 Å². The van der Waals surface area contributed by atoms with Crippen LogP contribution in [0.15, 0.2) is 11.6 Å². The van der Waals surface area contributed by atoms with Gasteiger partial charge in [0.25, 0.3) is 0 Å². The van der Waals surface area contributed by atoms with Crippen molar-refractivity contribution in [1.29, 1.82) is 0 Å². The molecule has 0 aromatic rings. The first-order valence-corrected chi connectivity index (χ1v) is 5.88.